The molecule has 0 unspecified atom stereocenters. The molecule has 0 aliphatic rings. The first kappa shape index (κ1) is 20.6. The molecule has 4 rings (SSSR count). The Balaban J connectivity index is 0.00000240. The van der Waals surface area contributed by atoms with E-state index in [1.807, 2.05) is 48.5 Å². The minimum Gasteiger partial charge on any atom is -0.481 e. The van der Waals surface area contributed by atoms with Crippen molar-refractivity contribution in [1.29, 1.82) is 0 Å². The summed E-state index contributed by atoms with van der Waals surface area (Å²) in [6.45, 7) is 1.48. The molecule has 2 aromatic heterocycles. The third kappa shape index (κ3) is 4.34. The molecule has 6 nitrogen and oxygen atoms in total. The molecule has 0 atom stereocenters. The van der Waals surface area contributed by atoms with E-state index in [0.29, 0.717) is 16.4 Å². The van der Waals surface area contributed by atoms with E-state index in [0.717, 1.165) is 33.5 Å². The Morgan fingerprint density at radius 3 is 2.38 bits per heavy atom. The number of benzene rings is 2. The molecule has 0 bridgehead atoms. The molecule has 0 fully saturated rings. The van der Waals surface area contributed by atoms with Crippen LogP contribution >= 0.6 is 24.0 Å². The minimum absolute atomic E-state index is 0. The van der Waals surface area contributed by atoms with Crippen molar-refractivity contribution in [2.45, 2.75) is 6.92 Å². The molecule has 0 saturated heterocycles. The largest absolute Gasteiger partial charge is 0.481 e. The smallest absolute Gasteiger partial charge is 0.221 e. The van der Waals surface area contributed by atoms with Gasteiger partial charge in [-0.1, -0.05) is 11.6 Å². The van der Waals surface area contributed by atoms with Crippen LogP contribution in [0.25, 0.3) is 21.9 Å². The van der Waals surface area contributed by atoms with Crippen molar-refractivity contribution in [2.24, 2.45) is 0 Å². The highest BCUT2D eigenvalue weighted by atomic mass is 35.5. The second kappa shape index (κ2) is 8.51. The molecule has 4 aromatic rings. The van der Waals surface area contributed by atoms with Crippen molar-refractivity contribution in [2.75, 3.05) is 17.7 Å². The van der Waals surface area contributed by atoms with Crippen LogP contribution in [0.4, 0.5) is 17.1 Å². The maximum absolute atomic E-state index is 11.2. The molecular weight excluding hydrogens is 411 g/mol. The van der Waals surface area contributed by atoms with Gasteiger partial charge in [0, 0.05) is 34.8 Å². The predicted molar refractivity (Wildman–Crippen MR) is 120 cm³/mol. The highest BCUT2D eigenvalue weighted by Crippen LogP contribution is 2.34. The molecule has 0 spiro atoms. The van der Waals surface area contributed by atoms with Gasteiger partial charge in [0.05, 0.1) is 23.8 Å². The van der Waals surface area contributed by atoms with Crippen LogP contribution in [0.15, 0.2) is 54.6 Å². The van der Waals surface area contributed by atoms with E-state index in [4.69, 9.17) is 16.3 Å². The van der Waals surface area contributed by atoms with E-state index in [1.54, 1.807) is 13.2 Å². The zero-order chi connectivity index (χ0) is 19.7. The molecule has 2 aromatic carbocycles. The highest BCUT2D eigenvalue weighted by molar-refractivity contribution is 6.31. The maximum atomic E-state index is 11.2. The van der Waals surface area contributed by atoms with E-state index in [-0.39, 0.29) is 18.3 Å². The van der Waals surface area contributed by atoms with Gasteiger partial charge in [0.1, 0.15) is 5.52 Å². The van der Waals surface area contributed by atoms with Crippen molar-refractivity contribution < 1.29 is 9.53 Å². The average Bonchev–Trinajstić information content (AvgIpc) is 2.68. The van der Waals surface area contributed by atoms with Crippen LogP contribution in [0.3, 0.4) is 0 Å². The van der Waals surface area contributed by atoms with Crippen LogP contribution in [0.2, 0.25) is 5.02 Å². The number of ether oxygens (including phenoxy) is 1. The van der Waals surface area contributed by atoms with E-state index in [2.05, 4.69) is 20.6 Å². The molecule has 1 amide bonds. The fourth-order valence-corrected chi connectivity index (χ4v) is 3.17. The number of fused-ring (bicyclic) bond motifs is 2. The van der Waals surface area contributed by atoms with Gasteiger partial charge in [-0.25, -0.2) is 9.97 Å². The Morgan fingerprint density at radius 1 is 0.966 bits per heavy atom. The lowest BCUT2D eigenvalue weighted by atomic mass is 10.1. The van der Waals surface area contributed by atoms with Crippen LogP contribution in [0.5, 0.6) is 5.88 Å². The Kier molecular flexibility index (Phi) is 6.06. The number of nitrogens with zero attached hydrogens (tertiary/aromatic N) is 2. The fourth-order valence-electron chi connectivity index (χ4n) is 3.00. The number of amides is 1. The van der Waals surface area contributed by atoms with Gasteiger partial charge < -0.3 is 15.4 Å². The Morgan fingerprint density at radius 2 is 1.69 bits per heavy atom. The van der Waals surface area contributed by atoms with Gasteiger partial charge in [0.15, 0.2) is 0 Å². The van der Waals surface area contributed by atoms with E-state index in [1.165, 1.54) is 6.92 Å². The summed E-state index contributed by atoms with van der Waals surface area (Å²) in [6.07, 6.45) is 0. The summed E-state index contributed by atoms with van der Waals surface area (Å²) >= 11 is 6.16. The average molecular weight is 429 g/mol. The highest BCUT2D eigenvalue weighted by Gasteiger charge is 2.13. The molecule has 0 radical (unpaired) electrons. The molecule has 29 heavy (non-hydrogen) atoms. The maximum Gasteiger partial charge on any atom is 0.221 e. The Bertz CT molecular complexity index is 1200. The lowest BCUT2D eigenvalue weighted by Gasteiger charge is -2.14. The lowest BCUT2D eigenvalue weighted by Crippen LogP contribution is -2.05. The van der Waals surface area contributed by atoms with E-state index in [9.17, 15) is 4.79 Å². The van der Waals surface area contributed by atoms with Crippen LogP contribution in [0, 0.1) is 0 Å². The number of aromatic nitrogens is 2. The van der Waals surface area contributed by atoms with Gasteiger partial charge in [-0.3, -0.25) is 4.79 Å². The molecule has 148 valence electrons. The first-order valence-electron chi connectivity index (χ1n) is 8.62. The summed E-state index contributed by atoms with van der Waals surface area (Å²) in [5.74, 6) is 0.395. The quantitative estimate of drug-likeness (QED) is 0.415. The number of nitrogens with one attached hydrogen (secondary N) is 2. The summed E-state index contributed by atoms with van der Waals surface area (Å²) in [5.41, 5.74) is 4.58. The Labute approximate surface area is 178 Å². The third-order valence-corrected chi connectivity index (χ3v) is 4.47. The van der Waals surface area contributed by atoms with Crippen molar-refractivity contribution >= 4 is 68.9 Å². The van der Waals surface area contributed by atoms with Crippen LogP contribution < -0.4 is 15.4 Å². The zero-order valence-electron chi connectivity index (χ0n) is 15.7. The summed E-state index contributed by atoms with van der Waals surface area (Å²) in [5, 5.41) is 7.69. The summed E-state index contributed by atoms with van der Waals surface area (Å²) in [4.78, 5) is 20.5. The second-order valence-electron chi connectivity index (χ2n) is 6.25. The summed E-state index contributed by atoms with van der Waals surface area (Å²) in [7, 11) is 1.58. The first-order valence-corrected chi connectivity index (χ1v) is 9.00. The number of hydrogen-bond donors (Lipinski definition) is 2. The van der Waals surface area contributed by atoms with Crippen LogP contribution in [-0.4, -0.2) is 23.0 Å². The number of anilines is 3. The summed E-state index contributed by atoms with van der Waals surface area (Å²) < 4.78 is 5.28. The number of carbonyl (C=O) groups is 1. The number of hydrogen-bond acceptors (Lipinski definition) is 5. The molecule has 0 aliphatic heterocycles. The van der Waals surface area contributed by atoms with Crippen LogP contribution in [-0.2, 0) is 4.79 Å². The first-order chi connectivity index (χ1) is 13.5. The molecule has 8 heteroatoms. The fraction of sp³-hybridized carbons (Fsp3) is 0.0952. The molecular formula is C21H18Cl2N4O2. The second-order valence-corrected chi connectivity index (χ2v) is 6.69. The number of pyridine rings is 2. The van der Waals surface area contributed by atoms with Crippen molar-refractivity contribution in [3.05, 3.63) is 59.6 Å². The van der Waals surface area contributed by atoms with Gasteiger partial charge in [-0.05, 0) is 48.5 Å². The number of rotatable bonds is 4. The molecule has 0 aliphatic carbocycles. The van der Waals surface area contributed by atoms with E-state index < -0.39 is 0 Å². The lowest BCUT2D eigenvalue weighted by molar-refractivity contribution is -0.114. The van der Waals surface area contributed by atoms with Gasteiger partial charge in [-0.2, -0.15) is 0 Å². The zero-order valence-corrected chi connectivity index (χ0v) is 17.3. The SMILES string of the molecule is COc1ccc2nc3cc(Cl)ccc3c(Nc3ccc(NC(C)=O)cc3)c2n1.Cl. The van der Waals surface area contributed by atoms with Gasteiger partial charge in [0.2, 0.25) is 11.8 Å². The molecule has 2 heterocycles. The van der Waals surface area contributed by atoms with Crippen molar-refractivity contribution in [3.8, 4) is 5.88 Å². The topological polar surface area (TPSA) is 76.1 Å². The number of carbonyl (C=O) groups excluding carboxylic acids is 1. The predicted octanol–water partition coefficient (Wildman–Crippen LogP) is 5.57. The standard InChI is InChI=1S/C21H17ClN4O2.ClH/c1-12(27)23-14-4-6-15(7-5-14)24-20-16-8-3-13(22)11-18(16)25-17-9-10-19(28-2)26-21(17)20;/h3-11H,1-2H3,(H,23,27)(H,24,25);1H. The van der Waals surface area contributed by atoms with E-state index >= 15 is 0 Å². The third-order valence-electron chi connectivity index (χ3n) is 4.24. The van der Waals surface area contributed by atoms with Crippen molar-refractivity contribution in [3.63, 3.8) is 0 Å². The summed E-state index contributed by atoms with van der Waals surface area (Å²) in [6, 6.07) is 16.6. The molecule has 0 saturated carbocycles. The normalized spacial score (nSPS) is 10.4. The van der Waals surface area contributed by atoms with Crippen molar-refractivity contribution in [1.82, 2.24) is 9.97 Å². The van der Waals surface area contributed by atoms with Gasteiger partial charge >= 0.3 is 0 Å². The number of halogens is 2. The van der Waals surface area contributed by atoms with Gasteiger partial charge in [0.25, 0.3) is 0 Å². The minimum atomic E-state index is -0.111. The number of methoxy groups -OCH3 is 1. The Hall–Kier alpha value is -3.09. The van der Waals surface area contributed by atoms with Gasteiger partial charge in [-0.15, -0.1) is 12.4 Å². The molecule has 2 N–H and O–H groups in total. The monoisotopic (exact) mass is 428 g/mol. The van der Waals surface area contributed by atoms with Crippen LogP contribution in [0.1, 0.15) is 6.92 Å².